The molecule has 0 radical (unpaired) electrons. The Balaban J connectivity index is 1.17. The van der Waals surface area contributed by atoms with Gasteiger partial charge in [-0.3, -0.25) is 4.79 Å². The van der Waals surface area contributed by atoms with Crippen molar-refractivity contribution in [1.29, 1.82) is 0 Å². The number of carbonyl (C=O) groups is 1. The zero-order chi connectivity index (χ0) is 31.1. The number of rotatable bonds is 21. The summed E-state index contributed by atoms with van der Waals surface area (Å²) in [7, 11) is 0. The molecule has 2 heterocycles. The third-order valence-electron chi connectivity index (χ3n) is 8.33. The maximum Gasteiger partial charge on any atom is 0.343 e. The molecule has 44 heavy (non-hydrogen) atoms. The molecule has 0 bridgehead atoms. The summed E-state index contributed by atoms with van der Waals surface area (Å²) in [6, 6.07) is 3.30. The monoisotopic (exact) mass is 617 g/mol. The summed E-state index contributed by atoms with van der Waals surface area (Å²) in [4.78, 5) is 30.6. The number of nitrogens with zero attached hydrogens (tertiary/aromatic N) is 3. The minimum atomic E-state index is -0.661. The number of benzene rings is 1. The minimum Gasteiger partial charge on any atom is -0.462 e. The second-order valence-corrected chi connectivity index (χ2v) is 11.7. The average Bonchev–Trinajstić information content (AvgIpc) is 3.88. The van der Waals surface area contributed by atoms with E-state index in [1.807, 2.05) is 4.57 Å². The molecule has 2 aliphatic rings. The zero-order valence-corrected chi connectivity index (χ0v) is 26.7. The molecule has 1 saturated heterocycles. The number of hydrogen-bond acceptors (Lipinski definition) is 9. The molecule has 10 nitrogen and oxygen atoms in total. The van der Waals surface area contributed by atoms with E-state index in [-0.39, 0.29) is 23.6 Å². The Morgan fingerprint density at radius 2 is 1.57 bits per heavy atom. The van der Waals surface area contributed by atoms with Gasteiger partial charge in [0.15, 0.2) is 0 Å². The Morgan fingerprint density at radius 3 is 2.20 bits per heavy atom. The summed E-state index contributed by atoms with van der Waals surface area (Å²) in [5.41, 5.74) is 0.676. The number of pyridine rings is 1. The molecule has 0 amide bonds. The lowest BCUT2D eigenvalue weighted by Crippen LogP contribution is -2.46. The third kappa shape index (κ3) is 10.2. The molecule has 1 aliphatic heterocycles. The number of halogens is 1. The van der Waals surface area contributed by atoms with Gasteiger partial charge >= 0.3 is 5.97 Å². The zero-order valence-electron chi connectivity index (χ0n) is 26.7. The number of hydrogen-bond donors (Lipinski definition) is 2. The normalized spacial score (nSPS) is 15.8. The Morgan fingerprint density at radius 1 is 0.886 bits per heavy atom. The SMILES string of the molecule is CCCCCNCCOCCOCCNCCCOC(=O)c1cn(C2CC2)c2cc(N3CCN(CC)CC3)c(F)cc2c1=O. The molecule has 1 saturated carbocycles. The molecule has 4 rings (SSSR count). The molecule has 1 aromatic carbocycles. The lowest BCUT2D eigenvalue weighted by molar-refractivity contribution is 0.0478. The second-order valence-electron chi connectivity index (χ2n) is 11.7. The van der Waals surface area contributed by atoms with Gasteiger partial charge in [0, 0.05) is 56.9 Å². The first-order valence-corrected chi connectivity index (χ1v) is 16.6. The molecule has 0 spiro atoms. The van der Waals surface area contributed by atoms with Crippen molar-refractivity contribution in [2.45, 2.75) is 58.4 Å². The van der Waals surface area contributed by atoms with Crippen molar-refractivity contribution in [3.63, 3.8) is 0 Å². The number of fused-ring (bicyclic) bond motifs is 1. The Hall–Kier alpha value is -2.57. The van der Waals surface area contributed by atoms with E-state index in [1.165, 1.54) is 25.3 Å². The van der Waals surface area contributed by atoms with Crippen LogP contribution in [0.4, 0.5) is 10.1 Å². The van der Waals surface area contributed by atoms with Crippen LogP contribution in [-0.2, 0) is 14.2 Å². The van der Waals surface area contributed by atoms with Crippen LogP contribution in [0, 0.1) is 5.82 Å². The summed E-state index contributed by atoms with van der Waals surface area (Å²) in [6.45, 7) is 14.4. The predicted octanol–water partition coefficient (Wildman–Crippen LogP) is 3.57. The quantitative estimate of drug-likeness (QED) is 0.161. The van der Waals surface area contributed by atoms with Gasteiger partial charge in [-0.05, 0) is 57.5 Å². The highest BCUT2D eigenvalue weighted by atomic mass is 19.1. The van der Waals surface area contributed by atoms with E-state index >= 15 is 4.39 Å². The van der Waals surface area contributed by atoms with Crippen LogP contribution in [0.2, 0.25) is 0 Å². The van der Waals surface area contributed by atoms with Gasteiger partial charge in [0.25, 0.3) is 0 Å². The van der Waals surface area contributed by atoms with E-state index in [9.17, 15) is 9.59 Å². The number of ether oxygens (including phenoxy) is 3. The topological polar surface area (TPSA) is 97.3 Å². The van der Waals surface area contributed by atoms with Gasteiger partial charge < -0.3 is 39.2 Å². The van der Waals surface area contributed by atoms with E-state index in [0.29, 0.717) is 57.1 Å². The maximum absolute atomic E-state index is 15.3. The van der Waals surface area contributed by atoms with Gasteiger partial charge in [-0.15, -0.1) is 0 Å². The Labute approximate surface area is 261 Å². The standard InChI is InChI=1S/C33H52FN5O5/c1-3-5-6-10-35-12-19-42-21-22-43-20-13-36-11-7-18-44-33(41)28-25-39(26-8-9-26)30-24-31(29(34)23-27(30)32(28)40)38-16-14-37(4-2)15-17-38/h23-26,35-36H,3-22H2,1-2H3. The predicted molar refractivity (Wildman–Crippen MR) is 173 cm³/mol. The molecule has 1 aliphatic carbocycles. The van der Waals surface area contributed by atoms with E-state index in [0.717, 1.165) is 58.7 Å². The van der Waals surface area contributed by atoms with Crippen molar-refractivity contribution < 1.29 is 23.4 Å². The van der Waals surface area contributed by atoms with Crippen molar-refractivity contribution in [2.24, 2.45) is 0 Å². The van der Waals surface area contributed by atoms with Crippen molar-refractivity contribution >= 4 is 22.6 Å². The number of unbranched alkanes of at least 4 members (excludes halogenated alkanes) is 2. The van der Waals surface area contributed by atoms with Crippen LogP contribution in [0.3, 0.4) is 0 Å². The molecular formula is C33H52FN5O5. The van der Waals surface area contributed by atoms with E-state index in [1.54, 1.807) is 12.3 Å². The molecule has 0 atom stereocenters. The van der Waals surface area contributed by atoms with Crippen LogP contribution in [0.15, 0.2) is 23.1 Å². The fourth-order valence-corrected chi connectivity index (χ4v) is 5.51. The van der Waals surface area contributed by atoms with Gasteiger partial charge in [0.2, 0.25) is 5.43 Å². The molecule has 2 aromatic rings. The van der Waals surface area contributed by atoms with Crippen LogP contribution in [-0.4, -0.2) is 107 Å². The molecule has 1 aromatic heterocycles. The van der Waals surface area contributed by atoms with E-state index < -0.39 is 17.2 Å². The first-order chi connectivity index (χ1) is 21.5. The van der Waals surface area contributed by atoms with Crippen molar-refractivity contribution in [3.05, 3.63) is 39.9 Å². The fourth-order valence-electron chi connectivity index (χ4n) is 5.51. The van der Waals surface area contributed by atoms with Crippen LogP contribution >= 0.6 is 0 Å². The van der Waals surface area contributed by atoms with Crippen LogP contribution < -0.4 is 21.0 Å². The number of likely N-dealkylation sites (N-methyl/N-ethyl adjacent to an activating group) is 1. The summed E-state index contributed by atoms with van der Waals surface area (Å²) in [5, 5.41) is 6.86. The van der Waals surface area contributed by atoms with Gasteiger partial charge in [0.1, 0.15) is 11.4 Å². The van der Waals surface area contributed by atoms with Crippen LogP contribution in [0.1, 0.15) is 68.8 Å². The highest BCUT2D eigenvalue weighted by Crippen LogP contribution is 2.38. The minimum absolute atomic E-state index is 0.0380. The molecular weight excluding hydrogens is 565 g/mol. The maximum atomic E-state index is 15.3. The van der Waals surface area contributed by atoms with Gasteiger partial charge in [-0.1, -0.05) is 26.7 Å². The summed E-state index contributed by atoms with van der Waals surface area (Å²) < 4.78 is 33.9. The van der Waals surface area contributed by atoms with E-state index in [2.05, 4.69) is 34.3 Å². The Bertz CT molecular complexity index is 1230. The molecule has 0 unspecified atom stereocenters. The number of anilines is 1. The van der Waals surface area contributed by atoms with Crippen molar-refractivity contribution in [3.8, 4) is 0 Å². The smallest absolute Gasteiger partial charge is 0.343 e. The molecule has 11 heteroatoms. The lowest BCUT2D eigenvalue weighted by Gasteiger charge is -2.35. The van der Waals surface area contributed by atoms with Crippen LogP contribution in [0.25, 0.3) is 10.9 Å². The largest absolute Gasteiger partial charge is 0.462 e. The number of carbonyl (C=O) groups excluding carboxylic acids is 1. The first-order valence-electron chi connectivity index (χ1n) is 16.6. The number of esters is 1. The highest BCUT2D eigenvalue weighted by molar-refractivity contribution is 5.94. The van der Waals surface area contributed by atoms with E-state index in [4.69, 9.17) is 14.2 Å². The summed E-state index contributed by atoms with van der Waals surface area (Å²) in [5.74, 6) is -1.09. The van der Waals surface area contributed by atoms with Crippen molar-refractivity contribution in [2.75, 3.05) is 96.8 Å². The summed E-state index contributed by atoms with van der Waals surface area (Å²) >= 11 is 0. The summed E-state index contributed by atoms with van der Waals surface area (Å²) in [6.07, 6.45) is 7.86. The third-order valence-corrected chi connectivity index (χ3v) is 8.33. The van der Waals surface area contributed by atoms with Gasteiger partial charge in [-0.25, -0.2) is 9.18 Å². The first kappa shape index (κ1) is 34.3. The fraction of sp³-hybridized carbons (Fsp3) is 0.697. The number of piperazine rings is 1. The van der Waals surface area contributed by atoms with Gasteiger partial charge in [0.05, 0.1) is 44.2 Å². The highest BCUT2D eigenvalue weighted by Gasteiger charge is 2.29. The number of aromatic nitrogens is 1. The van der Waals surface area contributed by atoms with Crippen LogP contribution in [0.5, 0.6) is 0 Å². The lowest BCUT2D eigenvalue weighted by atomic mass is 10.1. The molecule has 2 N–H and O–H groups in total. The van der Waals surface area contributed by atoms with Crippen molar-refractivity contribution in [1.82, 2.24) is 20.1 Å². The Kier molecular flexibility index (Phi) is 14.4. The second kappa shape index (κ2) is 18.4. The van der Waals surface area contributed by atoms with Gasteiger partial charge in [-0.2, -0.15) is 0 Å². The molecule has 2 fully saturated rings. The average molecular weight is 618 g/mol. The number of nitrogens with one attached hydrogen (secondary N) is 2. The molecule has 246 valence electrons.